The summed E-state index contributed by atoms with van der Waals surface area (Å²) in [6, 6.07) is 9.57. The third-order valence-electron chi connectivity index (χ3n) is 6.44. The number of benzene rings is 1. The summed E-state index contributed by atoms with van der Waals surface area (Å²) in [5.74, 6) is 0. The Balaban J connectivity index is 1.26. The molecule has 0 bridgehead atoms. The maximum atomic E-state index is 12.5. The maximum absolute atomic E-state index is 12.5. The lowest BCUT2D eigenvalue weighted by Crippen LogP contribution is -2.53. The van der Waals surface area contributed by atoms with E-state index < -0.39 is 0 Å². The van der Waals surface area contributed by atoms with Gasteiger partial charge in [-0.25, -0.2) is 4.79 Å². The second-order valence-electron chi connectivity index (χ2n) is 8.32. The van der Waals surface area contributed by atoms with Crippen LogP contribution in [-0.4, -0.2) is 56.2 Å². The van der Waals surface area contributed by atoms with Crippen molar-refractivity contribution < 1.29 is 4.79 Å². The van der Waals surface area contributed by atoms with E-state index in [0.717, 1.165) is 39.0 Å². The molecule has 0 aromatic heterocycles. The van der Waals surface area contributed by atoms with Crippen molar-refractivity contribution in [1.82, 2.24) is 10.2 Å². The number of piperidine rings is 1. The van der Waals surface area contributed by atoms with Crippen LogP contribution in [0.2, 0.25) is 0 Å². The predicted molar refractivity (Wildman–Crippen MR) is 112 cm³/mol. The Morgan fingerprint density at radius 2 is 1.22 bits per heavy atom. The van der Waals surface area contributed by atoms with Crippen LogP contribution in [-0.2, 0) is 0 Å². The van der Waals surface area contributed by atoms with Gasteiger partial charge >= 0.3 is 6.03 Å². The lowest BCUT2D eigenvalue weighted by Gasteiger charge is -2.37. The summed E-state index contributed by atoms with van der Waals surface area (Å²) >= 11 is 0. The van der Waals surface area contributed by atoms with Gasteiger partial charge in [0.25, 0.3) is 0 Å². The molecule has 0 radical (unpaired) electrons. The molecule has 2 saturated heterocycles. The third kappa shape index (κ3) is 4.69. The van der Waals surface area contributed by atoms with Crippen LogP contribution in [0, 0.1) is 0 Å². The van der Waals surface area contributed by atoms with E-state index in [4.69, 9.17) is 0 Å². The highest BCUT2D eigenvalue weighted by atomic mass is 16.2. The van der Waals surface area contributed by atoms with Crippen molar-refractivity contribution in [1.29, 1.82) is 0 Å². The number of hydrogen-bond donors (Lipinski definition) is 1. The molecular weight excluding hydrogens is 336 g/mol. The van der Waals surface area contributed by atoms with Gasteiger partial charge in [-0.05, 0) is 56.4 Å². The average molecular weight is 371 g/mol. The predicted octanol–water partition coefficient (Wildman–Crippen LogP) is 3.84. The number of amides is 2. The molecule has 1 N–H and O–H groups in total. The Kier molecular flexibility index (Phi) is 6.05. The van der Waals surface area contributed by atoms with E-state index in [0.29, 0.717) is 6.04 Å². The smallest absolute Gasteiger partial charge is 0.317 e. The molecule has 148 valence electrons. The fourth-order valence-electron chi connectivity index (χ4n) is 4.71. The van der Waals surface area contributed by atoms with Crippen molar-refractivity contribution in [2.75, 3.05) is 49.1 Å². The van der Waals surface area contributed by atoms with Crippen LogP contribution in [0.5, 0.6) is 0 Å². The second-order valence-corrected chi connectivity index (χ2v) is 8.32. The van der Waals surface area contributed by atoms with Gasteiger partial charge in [-0.15, -0.1) is 0 Å². The summed E-state index contributed by atoms with van der Waals surface area (Å²) in [5, 5.41) is 3.25. The molecule has 5 nitrogen and oxygen atoms in total. The number of nitrogens with zero attached hydrogens (tertiary/aromatic N) is 3. The Morgan fingerprint density at radius 1 is 0.704 bits per heavy atom. The second kappa shape index (κ2) is 8.85. The molecule has 4 rings (SSSR count). The highest BCUT2D eigenvalue weighted by molar-refractivity contribution is 5.75. The monoisotopic (exact) mass is 370 g/mol. The minimum Gasteiger partial charge on any atom is -0.372 e. The molecule has 2 aliphatic heterocycles. The SMILES string of the molecule is O=C(NC1CCCCC1)N1CCN(c2ccc(N3CCCCC3)cc2)CC1. The molecule has 0 atom stereocenters. The van der Waals surface area contributed by atoms with E-state index >= 15 is 0 Å². The van der Waals surface area contributed by atoms with Crippen molar-refractivity contribution >= 4 is 17.4 Å². The van der Waals surface area contributed by atoms with Crippen molar-refractivity contribution in [3.8, 4) is 0 Å². The molecule has 1 aromatic rings. The minimum atomic E-state index is 0.141. The van der Waals surface area contributed by atoms with Crippen LogP contribution in [0.15, 0.2) is 24.3 Å². The van der Waals surface area contributed by atoms with Gasteiger partial charge in [0.2, 0.25) is 0 Å². The molecule has 1 aromatic carbocycles. The Labute approximate surface area is 163 Å². The topological polar surface area (TPSA) is 38.8 Å². The highest BCUT2D eigenvalue weighted by Crippen LogP contribution is 2.24. The average Bonchev–Trinajstić information content (AvgIpc) is 2.75. The summed E-state index contributed by atoms with van der Waals surface area (Å²) < 4.78 is 0. The fraction of sp³-hybridized carbons (Fsp3) is 0.682. The number of piperazine rings is 1. The van der Waals surface area contributed by atoms with Crippen LogP contribution in [0.1, 0.15) is 51.4 Å². The molecule has 5 heteroatoms. The first kappa shape index (κ1) is 18.5. The van der Waals surface area contributed by atoms with Crippen LogP contribution in [0.3, 0.4) is 0 Å². The summed E-state index contributed by atoms with van der Waals surface area (Å²) in [4.78, 5) is 19.4. The summed E-state index contributed by atoms with van der Waals surface area (Å²) in [6.45, 7) is 5.84. The Hall–Kier alpha value is -1.91. The van der Waals surface area contributed by atoms with Crippen LogP contribution >= 0.6 is 0 Å². The standard InChI is InChI=1S/C22H34N4O/c27-22(23-19-7-3-1-4-8-19)26-17-15-25(16-18-26)21-11-9-20(10-12-21)24-13-5-2-6-14-24/h9-12,19H,1-8,13-18H2,(H,23,27). The first-order valence-corrected chi connectivity index (χ1v) is 10.9. The van der Waals surface area contributed by atoms with E-state index in [9.17, 15) is 4.79 Å². The normalized spacial score (nSPS) is 22.0. The zero-order chi connectivity index (χ0) is 18.5. The van der Waals surface area contributed by atoms with Crippen molar-refractivity contribution in [2.45, 2.75) is 57.4 Å². The zero-order valence-corrected chi connectivity index (χ0v) is 16.5. The molecule has 2 amide bonds. The van der Waals surface area contributed by atoms with Crippen LogP contribution < -0.4 is 15.1 Å². The van der Waals surface area contributed by atoms with Crippen molar-refractivity contribution in [3.05, 3.63) is 24.3 Å². The quantitative estimate of drug-likeness (QED) is 0.879. The molecule has 3 aliphatic rings. The molecule has 27 heavy (non-hydrogen) atoms. The number of rotatable bonds is 3. The summed E-state index contributed by atoms with van der Waals surface area (Å²) in [5.41, 5.74) is 2.63. The Morgan fingerprint density at radius 3 is 1.81 bits per heavy atom. The van der Waals surface area contributed by atoms with Crippen molar-refractivity contribution in [2.24, 2.45) is 0 Å². The number of carbonyl (C=O) groups is 1. The van der Waals surface area contributed by atoms with Gasteiger partial charge in [-0.2, -0.15) is 0 Å². The fourth-order valence-corrected chi connectivity index (χ4v) is 4.71. The van der Waals surface area contributed by atoms with Gasteiger partial charge in [0, 0.05) is 56.7 Å². The van der Waals surface area contributed by atoms with Crippen molar-refractivity contribution in [3.63, 3.8) is 0 Å². The van der Waals surface area contributed by atoms with E-state index in [1.165, 1.54) is 63.0 Å². The third-order valence-corrected chi connectivity index (χ3v) is 6.44. The molecule has 1 saturated carbocycles. The number of urea groups is 1. The first-order chi connectivity index (χ1) is 13.3. The van der Waals surface area contributed by atoms with E-state index in [-0.39, 0.29) is 6.03 Å². The number of carbonyl (C=O) groups excluding carboxylic acids is 1. The van der Waals surface area contributed by atoms with Crippen LogP contribution in [0.4, 0.5) is 16.2 Å². The highest BCUT2D eigenvalue weighted by Gasteiger charge is 2.24. The molecule has 2 heterocycles. The molecule has 0 spiro atoms. The molecule has 1 aliphatic carbocycles. The number of nitrogens with one attached hydrogen (secondary N) is 1. The molecular formula is C22H34N4O. The summed E-state index contributed by atoms with van der Waals surface area (Å²) in [6.07, 6.45) is 10.1. The van der Waals surface area contributed by atoms with E-state index in [1.807, 2.05) is 4.90 Å². The van der Waals surface area contributed by atoms with Gasteiger partial charge in [0.1, 0.15) is 0 Å². The molecule has 0 unspecified atom stereocenters. The first-order valence-electron chi connectivity index (χ1n) is 10.9. The van der Waals surface area contributed by atoms with Gasteiger partial charge in [0.05, 0.1) is 0 Å². The van der Waals surface area contributed by atoms with E-state index in [1.54, 1.807) is 0 Å². The van der Waals surface area contributed by atoms with Gasteiger partial charge in [-0.3, -0.25) is 0 Å². The number of anilines is 2. The van der Waals surface area contributed by atoms with Gasteiger partial charge in [-0.1, -0.05) is 19.3 Å². The largest absolute Gasteiger partial charge is 0.372 e. The van der Waals surface area contributed by atoms with Gasteiger partial charge < -0.3 is 20.0 Å². The Bertz CT molecular complexity index is 597. The van der Waals surface area contributed by atoms with E-state index in [2.05, 4.69) is 39.4 Å². The van der Waals surface area contributed by atoms with Crippen LogP contribution in [0.25, 0.3) is 0 Å². The lowest BCUT2D eigenvalue weighted by molar-refractivity contribution is 0.186. The summed E-state index contributed by atoms with van der Waals surface area (Å²) in [7, 11) is 0. The minimum absolute atomic E-state index is 0.141. The molecule has 3 fully saturated rings. The number of hydrogen-bond acceptors (Lipinski definition) is 3. The zero-order valence-electron chi connectivity index (χ0n) is 16.5. The lowest BCUT2D eigenvalue weighted by atomic mass is 9.96. The van der Waals surface area contributed by atoms with Gasteiger partial charge in [0.15, 0.2) is 0 Å². The maximum Gasteiger partial charge on any atom is 0.317 e.